The molecule has 0 radical (unpaired) electrons. The molecule has 2 N–H and O–H groups in total. The van der Waals surface area contributed by atoms with Gasteiger partial charge in [-0.3, -0.25) is 9.80 Å². The second-order valence-electron chi connectivity index (χ2n) is 8.28. The maximum Gasteiger partial charge on any atom is 0.161 e. The molecule has 6 heteroatoms. The molecule has 0 spiro atoms. The number of phenolic OH excluding ortho intramolecular Hbond substituents is 1. The quantitative estimate of drug-likeness (QED) is 0.638. The van der Waals surface area contributed by atoms with Crippen molar-refractivity contribution >= 4 is 0 Å². The molecule has 6 nitrogen and oxygen atoms in total. The lowest BCUT2D eigenvalue weighted by Crippen LogP contribution is -2.52. The van der Waals surface area contributed by atoms with Crippen LogP contribution in [0.2, 0.25) is 0 Å². The van der Waals surface area contributed by atoms with Crippen LogP contribution in [0.3, 0.4) is 0 Å². The summed E-state index contributed by atoms with van der Waals surface area (Å²) in [5.41, 5.74) is 4.90. The Kier molecular flexibility index (Phi) is 8.18. The topological polar surface area (TPSA) is 65.4 Å². The largest absolute Gasteiger partial charge is 0.504 e. The zero-order chi connectivity index (χ0) is 22.4. The predicted molar refractivity (Wildman–Crippen MR) is 123 cm³/mol. The number of hydrogen-bond acceptors (Lipinski definition) is 6. The minimum atomic E-state index is 0.179. The lowest BCUT2D eigenvalue weighted by molar-refractivity contribution is 0.0498. The normalized spacial score (nSPS) is 17.6. The minimum Gasteiger partial charge on any atom is -0.504 e. The van der Waals surface area contributed by atoms with Crippen LogP contribution in [0.1, 0.15) is 35.6 Å². The van der Waals surface area contributed by atoms with Gasteiger partial charge in [0, 0.05) is 45.4 Å². The van der Waals surface area contributed by atoms with Crippen LogP contribution in [-0.2, 0) is 13.1 Å². The van der Waals surface area contributed by atoms with Crippen LogP contribution in [-0.4, -0.2) is 66.0 Å². The Morgan fingerprint density at radius 3 is 2.55 bits per heavy atom. The number of ether oxygens (including phenoxy) is 2. The van der Waals surface area contributed by atoms with E-state index in [-0.39, 0.29) is 12.4 Å². The molecule has 1 atom stereocenters. The molecule has 1 heterocycles. The van der Waals surface area contributed by atoms with E-state index in [1.807, 2.05) is 19.1 Å². The summed E-state index contributed by atoms with van der Waals surface area (Å²) in [4.78, 5) is 4.91. The zero-order valence-corrected chi connectivity index (χ0v) is 19.2. The van der Waals surface area contributed by atoms with Gasteiger partial charge in [-0.1, -0.05) is 12.1 Å². The summed E-state index contributed by atoms with van der Waals surface area (Å²) in [6.45, 7) is 11.4. The summed E-state index contributed by atoms with van der Waals surface area (Å²) >= 11 is 0. The van der Waals surface area contributed by atoms with E-state index in [4.69, 9.17) is 9.47 Å². The third-order valence-corrected chi connectivity index (χ3v) is 6.32. The van der Waals surface area contributed by atoms with Crippen molar-refractivity contribution in [1.82, 2.24) is 9.80 Å². The minimum absolute atomic E-state index is 0.179. The van der Waals surface area contributed by atoms with E-state index >= 15 is 0 Å². The number of benzene rings is 2. The van der Waals surface area contributed by atoms with Crippen LogP contribution in [0.4, 0.5) is 0 Å². The number of piperazine rings is 1. The number of nitrogens with zero attached hydrogens (tertiary/aromatic N) is 2. The van der Waals surface area contributed by atoms with E-state index in [0.717, 1.165) is 50.5 Å². The van der Waals surface area contributed by atoms with Crippen molar-refractivity contribution < 1.29 is 19.7 Å². The predicted octanol–water partition coefficient (Wildman–Crippen LogP) is 3.49. The number of methoxy groups -OCH3 is 1. The summed E-state index contributed by atoms with van der Waals surface area (Å²) < 4.78 is 11.0. The van der Waals surface area contributed by atoms with Gasteiger partial charge in [0.2, 0.25) is 0 Å². The molecule has 2 aromatic rings. The Labute approximate surface area is 186 Å². The van der Waals surface area contributed by atoms with Gasteiger partial charge in [0.1, 0.15) is 5.75 Å². The second-order valence-corrected chi connectivity index (χ2v) is 8.28. The summed E-state index contributed by atoms with van der Waals surface area (Å²) in [6.07, 6.45) is 0.754. The van der Waals surface area contributed by atoms with Crippen LogP contribution >= 0.6 is 0 Å². The Balaban J connectivity index is 1.68. The molecule has 0 aromatic heterocycles. The molecule has 1 aliphatic heterocycles. The molecule has 0 aliphatic carbocycles. The monoisotopic (exact) mass is 428 g/mol. The fourth-order valence-corrected chi connectivity index (χ4v) is 4.38. The molecule has 0 unspecified atom stereocenters. The van der Waals surface area contributed by atoms with E-state index in [2.05, 4.69) is 35.8 Å². The molecule has 31 heavy (non-hydrogen) atoms. The second kappa shape index (κ2) is 10.8. The van der Waals surface area contributed by atoms with Crippen LogP contribution in [0.25, 0.3) is 0 Å². The number of aromatic hydroxyl groups is 1. The molecule has 0 amide bonds. The van der Waals surface area contributed by atoms with E-state index in [1.165, 1.54) is 16.7 Å². The van der Waals surface area contributed by atoms with Crippen LogP contribution < -0.4 is 9.47 Å². The van der Waals surface area contributed by atoms with Crippen molar-refractivity contribution in [3.05, 3.63) is 52.6 Å². The van der Waals surface area contributed by atoms with Gasteiger partial charge in [0.05, 0.1) is 13.7 Å². The van der Waals surface area contributed by atoms with Gasteiger partial charge in [-0.05, 0) is 67.6 Å². The summed E-state index contributed by atoms with van der Waals surface area (Å²) in [5.74, 6) is 1.65. The lowest BCUT2D eigenvalue weighted by Gasteiger charge is -2.42. The molecular weight excluding hydrogens is 392 g/mol. The van der Waals surface area contributed by atoms with Crippen molar-refractivity contribution in [3.8, 4) is 17.2 Å². The summed E-state index contributed by atoms with van der Waals surface area (Å²) in [7, 11) is 1.71. The zero-order valence-electron chi connectivity index (χ0n) is 19.2. The third-order valence-electron chi connectivity index (χ3n) is 6.32. The van der Waals surface area contributed by atoms with Crippen molar-refractivity contribution in [2.45, 2.75) is 46.3 Å². The Morgan fingerprint density at radius 2 is 1.84 bits per heavy atom. The first-order valence-corrected chi connectivity index (χ1v) is 11.1. The van der Waals surface area contributed by atoms with Crippen LogP contribution in [0, 0.1) is 13.8 Å². The van der Waals surface area contributed by atoms with E-state index in [0.29, 0.717) is 18.4 Å². The smallest absolute Gasteiger partial charge is 0.161 e. The highest BCUT2D eigenvalue weighted by atomic mass is 16.5. The fraction of sp³-hybridized carbons (Fsp3) is 0.520. The first-order chi connectivity index (χ1) is 15.0. The van der Waals surface area contributed by atoms with Crippen LogP contribution in [0.5, 0.6) is 17.2 Å². The van der Waals surface area contributed by atoms with Gasteiger partial charge in [-0.25, -0.2) is 0 Å². The molecule has 1 fully saturated rings. The highest BCUT2D eigenvalue weighted by Gasteiger charge is 2.27. The molecule has 1 aliphatic rings. The molecule has 3 rings (SSSR count). The molecule has 1 saturated heterocycles. The van der Waals surface area contributed by atoms with Gasteiger partial charge in [-0.2, -0.15) is 0 Å². The van der Waals surface area contributed by atoms with Gasteiger partial charge in [0.25, 0.3) is 0 Å². The third kappa shape index (κ3) is 5.70. The number of aliphatic hydroxyl groups is 1. The SMILES string of the molecule is CCOc1cc(CN2CCN(Cc3ccc(OC)c(C)c3C)[C@H](CCO)C2)ccc1O. The molecule has 0 bridgehead atoms. The molecular formula is C25H36N2O4. The lowest BCUT2D eigenvalue weighted by atomic mass is 10.00. The van der Waals surface area contributed by atoms with Gasteiger partial charge in [-0.15, -0.1) is 0 Å². The number of rotatable bonds is 9. The average Bonchev–Trinajstić information content (AvgIpc) is 2.76. The Hall–Kier alpha value is -2.28. The summed E-state index contributed by atoms with van der Waals surface area (Å²) in [6, 6.07) is 10.1. The van der Waals surface area contributed by atoms with Gasteiger partial charge < -0.3 is 19.7 Å². The molecule has 170 valence electrons. The van der Waals surface area contributed by atoms with E-state index in [9.17, 15) is 10.2 Å². The number of hydrogen-bond donors (Lipinski definition) is 2. The maximum absolute atomic E-state index is 9.95. The molecule has 2 aromatic carbocycles. The van der Waals surface area contributed by atoms with Gasteiger partial charge >= 0.3 is 0 Å². The molecule has 0 saturated carbocycles. The Bertz CT molecular complexity index is 871. The average molecular weight is 429 g/mol. The van der Waals surface area contributed by atoms with Crippen molar-refractivity contribution in [1.29, 1.82) is 0 Å². The van der Waals surface area contributed by atoms with E-state index in [1.54, 1.807) is 13.2 Å². The number of phenols is 1. The van der Waals surface area contributed by atoms with Gasteiger partial charge in [0.15, 0.2) is 11.5 Å². The fourth-order valence-electron chi connectivity index (χ4n) is 4.38. The Morgan fingerprint density at radius 1 is 1.03 bits per heavy atom. The van der Waals surface area contributed by atoms with E-state index < -0.39 is 0 Å². The summed E-state index contributed by atoms with van der Waals surface area (Å²) in [5, 5.41) is 19.6. The number of aliphatic hydroxyl groups excluding tert-OH is 1. The highest BCUT2D eigenvalue weighted by molar-refractivity contribution is 5.44. The van der Waals surface area contributed by atoms with Crippen LogP contribution in [0.15, 0.2) is 30.3 Å². The highest BCUT2D eigenvalue weighted by Crippen LogP contribution is 2.29. The maximum atomic E-state index is 9.95. The van der Waals surface area contributed by atoms with Crippen molar-refractivity contribution in [2.24, 2.45) is 0 Å². The first-order valence-electron chi connectivity index (χ1n) is 11.1. The van der Waals surface area contributed by atoms with Crippen molar-refractivity contribution in [2.75, 3.05) is 40.0 Å². The standard InChI is InChI=1S/C25H36N2O4/c1-5-31-25-14-20(6-8-23(25)29)15-26-11-12-27(22(17-26)10-13-28)16-21-7-9-24(30-4)19(3)18(21)2/h6-9,14,22,28-29H,5,10-13,15-17H2,1-4H3/t22-/m1/s1. The first kappa shape index (κ1) is 23.4. The van der Waals surface area contributed by atoms with Crippen molar-refractivity contribution in [3.63, 3.8) is 0 Å².